The van der Waals surface area contributed by atoms with Gasteiger partial charge < -0.3 is 20.3 Å². The maximum atomic E-state index is 13.0. The molecule has 0 fully saturated rings. The van der Waals surface area contributed by atoms with Gasteiger partial charge in [-0.05, 0) is 59.2 Å². The van der Waals surface area contributed by atoms with Gasteiger partial charge in [0, 0.05) is 11.8 Å². The fourth-order valence-corrected chi connectivity index (χ4v) is 3.87. The molecule has 0 saturated carbocycles. The standard InChI is InChI=1S/C28H21N3O6/c1-37-28(36)25(12-16-4-9-20(32)10-5-16)31-26(33)24-14-22(27(34)35)21-13-19(8-11-23(21)30-24)18-6-2-17(15-29)3-7-18/h2-11,13-14,25,32H,12H2,1H3,(H,31,33)(H,34,35)/t25-/m0/s1. The van der Waals surface area contributed by atoms with Crippen LogP contribution in [0.3, 0.4) is 0 Å². The van der Waals surface area contributed by atoms with Gasteiger partial charge in [-0.2, -0.15) is 5.26 Å². The molecule has 9 heteroatoms. The highest BCUT2D eigenvalue weighted by Crippen LogP contribution is 2.27. The Hall–Kier alpha value is -5.23. The number of benzene rings is 3. The van der Waals surface area contributed by atoms with Crippen LogP contribution >= 0.6 is 0 Å². The second-order valence-corrected chi connectivity index (χ2v) is 8.20. The summed E-state index contributed by atoms with van der Waals surface area (Å²) in [6.07, 6.45) is 0.0893. The Labute approximate surface area is 211 Å². The molecule has 1 heterocycles. The number of hydrogen-bond acceptors (Lipinski definition) is 7. The van der Waals surface area contributed by atoms with Gasteiger partial charge in [0.2, 0.25) is 0 Å². The fraction of sp³-hybridized carbons (Fsp3) is 0.107. The molecule has 4 aromatic rings. The highest BCUT2D eigenvalue weighted by atomic mass is 16.5. The van der Waals surface area contributed by atoms with Crippen LogP contribution in [0, 0.1) is 11.3 Å². The topological polar surface area (TPSA) is 150 Å². The van der Waals surface area contributed by atoms with E-state index in [-0.39, 0.29) is 28.9 Å². The first-order chi connectivity index (χ1) is 17.8. The zero-order valence-corrected chi connectivity index (χ0v) is 19.6. The summed E-state index contributed by atoms with van der Waals surface area (Å²) < 4.78 is 4.81. The van der Waals surface area contributed by atoms with Gasteiger partial charge in [-0.15, -0.1) is 0 Å². The van der Waals surface area contributed by atoms with E-state index in [1.807, 2.05) is 0 Å². The number of phenolic OH excluding ortho intramolecular Hbond substituents is 1. The smallest absolute Gasteiger partial charge is 0.336 e. The Kier molecular flexibility index (Phi) is 7.11. The second kappa shape index (κ2) is 10.6. The highest BCUT2D eigenvalue weighted by molar-refractivity contribution is 6.07. The first-order valence-electron chi connectivity index (χ1n) is 11.1. The van der Waals surface area contributed by atoms with E-state index in [1.54, 1.807) is 54.6 Å². The van der Waals surface area contributed by atoms with E-state index >= 15 is 0 Å². The molecule has 1 amide bonds. The number of pyridine rings is 1. The third-order valence-electron chi connectivity index (χ3n) is 5.79. The van der Waals surface area contributed by atoms with Crippen molar-refractivity contribution in [3.8, 4) is 22.9 Å². The van der Waals surface area contributed by atoms with Gasteiger partial charge in [-0.25, -0.2) is 14.6 Å². The van der Waals surface area contributed by atoms with Crippen molar-refractivity contribution < 1.29 is 29.3 Å². The molecule has 0 unspecified atom stereocenters. The summed E-state index contributed by atoms with van der Waals surface area (Å²) in [6.45, 7) is 0. The van der Waals surface area contributed by atoms with Crippen LogP contribution in [0.5, 0.6) is 5.75 Å². The van der Waals surface area contributed by atoms with Gasteiger partial charge in [0.05, 0.1) is 29.8 Å². The number of nitriles is 1. The Balaban J connectivity index is 1.66. The first-order valence-corrected chi connectivity index (χ1v) is 11.1. The lowest BCUT2D eigenvalue weighted by atomic mass is 9.99. The number of carboxylic acids is 1. The lowest BCUT2D eigenvalue weighted by Gasteiger charge is -2.17. The van der Waals surface area contributed by atoms with Gasteiger partial charge in [-0.1, -0.05) is 30.3 Å². The molecule has 4 rings (SSSR count). The van der Waals surface area contributed by atoms with Crippen molar-refractivity contribution in [2.75, 3.05) is 7.11 Å². The molecule has 0 saturated heterocycles. The Morgan fingerprint density at radius 1 is 1.00 bits per heavy atom. The van der Waals surface area contributed by atoms with Crippen LogP contribution in [0.1, 0.15) is 32.0 Å². The minimum Gasteiger partial charge on any atom is -0.508 e. The molecule has 184 valence electrons. The zero-order chi connectivity index (χ0) is 26.5. The monoisotopic (exact) mass is 495 g/mol. The Morgan fingerprint density at radius 2 is 1.68 bits per heavy atom. The minimum absolute atomic E-state index is 0.0614. The fourth-order valence-electron chi connectivity index (χ4n) is 3.87. The van der Waals surface area contributed by atoms with Gasteiger partial charge in [-0.3, -0.25) is 4.79 Å². The lowest BCUT2D eigenvalue weighted by Crippen LogP contribution is -2.43. The van der Waals surface area contributed by atoms with Gasteiger partial charge in [0.1, 0.15) is 17.5 Å². The van der Waals surface area contributed by atoms with Crippen molar-refractivity contribution >= 4 is 28.7 Å². The number of phenols is 1. The molecular formula is C28H21N3O6. The third-order valence-corrected chi connectivity index (χ3v) is 5.79. The summed E-state index contributed by atoms with van der Waals surface area (Å²) in [7, 11) is 1.20. The van der Waals surface area contributed by atoms with Gasteiger partial charge in [0.25, 0.3) is 5.91 Å². The van der Waals surface area contributed by atoms with Crippen LogP contribution < -0.4 is 5.32 Å². The van der Waals surface area contributed by atoms with Gasteiger partial charge in [0.15, 0.2) is 0 Å². The molecular weight excluding hydrogens is 474 g/mol. The number of carbonyl (C=O) groups excluding carboxylic acids is 2. The number of aromatic hydroxyl groups is 1. The Bertz CT molecular complexity index is 1540. The average Bonchev–Trinajstić information content (AvgIpc) is 2.92. The SMILES string of the molecule is COC(=O)[C@H](Cc1ccc(O)cc1)NC(=O)c1cc(C(=O)O)c2cc(-c3ccc(C#N)cc3)ccc2n1. The number of amides is 1. The molecule has 3 N–H and O–H groups in total. The number of methoxy groups -OCH3 is 1. The van der Waals surface area contributed by atoms with Crippen LogP contribution in [0.15, 0.2) is 72.8 Å². The molecule has 0 spiro atoms. The Morgan fingerprint density at radius 3 is 2.30 bits per heavy atom. The summed E-state index contributed by atoms with van der Waals surface area (Å²) in [6, 6.07) is 20.2. The summed E-state index contributed by atoms with van der Waals surface area (Å²) >= 11 is 0. The number of carboxylic acid groups (broad SMARTS) is 1. The molecule has 1 aromatic heterocycles. The minimum atomic E-state index is -1.24. The summed E-state index contributed by atoms with van der Waals surface area (Å²) in [5.74, 6) is -2.61. The molecule has 0 aliphatic rings. The van der Waals surface area contributed by atoms with E-state index in [4.69, 9.17) is 10.00 Å². The molecule has 0 aliphatic heterocycles. The number of fused-ring (bicyclic) bond motifs is 1. The summed E-state index contributed by atoms with van der Waals surface area (Å²) in [5.41, 5.74) is 2.67. The summed E-state index contributed by atoms with van der Waals surface area (Å²) in [5, 5.41) is 31.2. The second-order valence-electron chi connectivity index (χ2n) is 8.20. The number of aromatic nitrogens is 1. The van der Waals surface area contributed by atoms with Crippen molar-refractivity contribution in [2.45, 2.75) is 12.5 Å². The average molecular weight is 495 g/mol. The predicted octanol–water partition coefficient (Wildman–Crippen LogP) is 3.69. The van der Waals surface area contributed by atoms with E-state index in [0.29, 0.717) is 16.5 Å². The van der Waals surface area contributed by atoms with E-state index < -0.39 is 23.9 Å². The van der Waals surface area contributed by atoms with Crippen LogP contribution in [-0.2, 0) is 16.0 Å². The van der Waals surface area contributed by atoms with Crippen molar-refractivity contribution in [1.29, 1.82) is 5.26 Å². The van der Waals surface area contributed by atoms with E-state index in [9.17, 15) is 24.6 Å². The van der Waals surface area contributed by atoms with Crippen molar-refractivity contribution in [3.63, 3.8) is 0 Å². The van der Waals surface area contributed by atoms with Crippen LogP contribution in [0.25, 0.3) is 22.0 Å². The van der Waals surface area contributed by atoms with Crippen molar-refractivity contribution in [3.05, 3.63) is 95.2 Å². The zero-order valence-electron chi connectivity index (χ0n) is 19.6. The normalized spacial score (nSPS) is 11.4. The van der Waals surface area contributed by atoms with E-state index in [2.05, 4.69) is 16.4 Å². The number of esters is 1. The predicted molar refractivity (Wildman–Crippen MR) is 134 cm³/mol. The van der Waals surface area contributed by atoms with Gasteiger partial charge >= 0.3 is 11.9 Å². The molecule has 37 heavy (non-hydrogen) atoms. The van der Waals surface area contributed by atoms with Crippen molar-refractivity contribution in [1.82, 2.24) is 10.3 Å². The number of rotatable bonds is 7. The van der Waals surface area contributed by atoms with E-state index in [0.717, 1.165) is 17.2 Å². The maximum absolute atomic E-state index is 13.0. The largest absolute Gasteiger partial charge is 0.508 e. The molecule has 9 nitrogen and oxygen atoms in total. The quantitative estimate of drug-likeness (QED) is 0.329. The van der Waals surface area contributed by atoms with Crippen LogP contribution in [0.2, 0.25) is 0 Å². The summed E-state index contributed by atoms with van der Waals surface area (Å²) in [4.78, 5) is 41.8. The molecule has 0 radical (unpaired) electrons. The third kappa shape index (κ3) is 5.55. The number of nitrogens with one attached hydrogen (secondary N) is 1. The number of nitrogens with zero attached hydrogens (tertiary/aromatic N) is 2. The number of aromatic carboxylic acids is 1. The number of carbonyl (C=O) groups is 3. The lowest BCUT2D eigenvalue weighted by molar-refractivity contribution is -0.142. The first kappa shape index (κ1) is 24.9. The highest BCUT2D eigenvalue weighted by Gasteiger charge is 2.25. The molecule has 3 aromatic carbocycles. The number of ether oxygens (including phenoxy) is 1. The van der Waals surface area contributed by atoms with Crippen LogP contribution in [-0.4, -0.2) is 46.2 Å². The van der Waals surface area contributed by atoms with Crippen molar-refractivity contribution in [2.24, 2.45) is 0 Å². The number of hydrogen-bond donors (Lipinski definition) is 3. The molecule has 1 atom stereocenters. The molecule has 0 bridgehead atoms. The molecule has 0 aliphatic carbocycles. The van der Waals surface area contributed by atoms with E-state index in [1.165, 1.54) is 19.2 Å². The van der Waals surface area contributed by atoms with Crippen LogP contribution in [0.4, 0.5) is 0 Å². The maximum Gasteiger partial charge on any atom is 0.336 e.